The van der Waals surface area contributed by atoms with E-state index in [0.717, 1.165) is 9.26 Å². The third kappa shape index (κ3) is 4.84. The molecule has 0 saturated heterocycles. The minimum Gasteiger partial charge on any atom is -0.326 e. The van der Waals surface area contributed by atoms with Crippen LogP contribution in [0.15, 0.2) is 54.6 Å². The van der Waals surface area contributed by atoms with Crippen molar-refractivity contribution in [1.29, 1.82) is 0 Å². The maximum atomic E-state index is 12.1. The van der Waals surface area contributed by atoms with Gasteiger partial charge in [-0.05, 0) is 64.3 Å². The van der Waals surface area contributed by atoms with Crippen LogP contribution in [0.3, 0.4) is 0 Å². The van der Waals surface area contributed by atoms with Gasteiger partial charge in [0.05, 0.1) is 0 Å². The van der Waals surface area contributed by atoms with E-state index in [4.69, 9.17) is 0 Å². The summed E-state index contributed by atoms with van der Waals surface area (Å²) in [7, 11) is 0. The molecule has 0 aliphatic rings. The second kappa shape index (κ2) is 7.59. The van der Waals surface area contributed by atoms with E-state index in [2.05, 4.69) is 53.9 Å². The molecule has 0 spiro atoms. The number of hydrogen-bond acceptors (Lipinski definition) is 1. The molecule has 2 atom stereocenters. The van der Waals surface area contributed by atoms with Crippen LogP contribution in [-0.4, -0.2) is 5.91 Å². The molecule has 0 aromatic heterocycles. The van der Waals surface area contributed by atoms with Crippen LogP contribution in [0.4, 0.5) is 5.69 Å². The van der Waals surface area contributed by atoms with Crippen molar-refractivity contribution in [3.63, 3.8) is 0 Å². The van der Waals surface area contributed by atoms with Crippen LogP contribution >= 0.6 is 22.6 Å². The summed E-state index contributed by atoms with van der Waals surface area (Å²) in [6.07, 6.45) is 0.530. The Labute approximate surface area is 140 Å². The van der Waals surface area contributed by atoms with Crippen LogP contribution in [-0.2, 0) is 4.79 Å². The summed E-state index contributed by atoms with van der Waals surface area (Å²) in [6, 6.07) is 18.2. The predicted molar refractivity (Wildman–Crippen MR) is 96.4 cm³/mol. The Balaban J connectivity index is 1.91. The van der Waals surface area contributed by atoms with Crippen molar-refractivity contribution >= 4 is 34.2 Å². The van der Waals surface area contributed by atoms with Crippen LogP contribution in [0, 0.1) is 9.49 Å². The maximum Gasteiger partial charge on any atom is 0.224 e. The summed E-state index contributed by atoms with van der Waals surface area (Å²) in [5.41, 5.74) is 2.15. The number of rotatable bonds is 5. The molecule has 2 rings (SSSR count). The van der Waals surface area contributed by atoms with Crippen molar-refractivity contribution in [2.75, 3.05) is 5.32 Å². The van der Waals surface area contributed by atoms with Gasteiger partial charge in [0.15, 0.2) is 0 Å². The van der Waals surface area contributed by atoms with Gasteiger partial charge >= 0.3 is 0 Å². The molecule has 2 aromatic carbocycles. The Morgan fingerprint density at radius 1 is 1.05 bits per heavy atom. The molecular weight excluding hydrogens is 373 g/mol. The van der Waals surface area contributed by atoms with Gasteiger partial charge in [-0.15, -0.1) is 0 Å². The van der Waals surface area contributed by atoms with Gasteiger partial charge in [-0.1, -0.05) is 44.2 Å². The average Bonchev–Trinajstić information content (AvgIpc) is 2.49. The summed E-state index contributed by atoms with van der Waals surface area (Å²) in [5.74, 6) is 0.747. The summed E-state index contributed by atoms with van der Waals surface area (Å²) in [4.78, 5) is 12.1. The molecule has 0 fully saturated rings. The normalized spacial score (nSPS) is 13.5. The fraction of sp³-hybridized carbons (Fsp3) is 0.278. The molecule has 1 N–H and O–H groups in total. The highest BCUT2D eigenvalue weighted by Gasteiger charge is 2.17. The van der Waals surface area contributed by atoms with E-state index in [-0.39, 0.29) is 5.91 Å². The average molecular weight is 393 g/mol. The lowest BCUT2D eigenvalue weighted by molar-refractivity contribution is -0.117. The maximum absolute atomic E-state index is 12.1. The minimum atomic E-state index is 0.0755. The van der Waals surface area contributed by atoms with E-state index in [9.17, 15) is 4.79 Å². The Morgan fingerprint density at radius 3 is 2.29 bits per heavy atom. The monoisotopic (exact) mass is 393 g/mol. The van der Waals surface area contributed by atoms with Crippen molar-refractivity contribution < 1.29 is 4.79 Å². The highest BCUT2D eigenvalue weighted by atomic mass is 127. The molecule has 3 heteroatoms. The number of carbonyl (C=O) groups excluding carboxylic acids is 1. The van der Waals surface area contributed by atoms with E-state index in [0.29, 0.717) is 18.3 Å². The van der Waals surface area contributed by atoms with Gasteiger partial charge in [0, 0.05) is 15.7 Å². The molecule has 0 unspecified atom stereocenters. The zero-order valence-electron chi connectivity index (χ0n) is 12.3. The molecule has 0 aliphatic heterocycles. The lowest BCUT2D eigenvalue weighted by Gasteiger charge is -2.20. The third-order valence-electron chi connectivity index (χ3n) is 3.81. The lowest BCUT2D eigenvalue weighted by atomic mass is 9.86. The fourth-order valence-corrected chi connectivity index (χ4v) is 2.66. The van der Waals surface area contributed by atoms with Gasteiger partial charge in [0.25, 0.3) is 0 Å². The molecule has 110 valence electrons. The predicted octanol–water partition coefficient (Wildman–Crippen LogP) is 5.06. The van der Waals surface area contributed by atoms with Crippen LogP contribution < -0.4 is 5.32 Å². The Morgan fingerprint density at radius 2 is 1.67 bits per heavy atom. The molecule has 1 amide bonds. The molecule has 2 nitrogen and oxygen atoms in total. The first-order valence-corrected chi connectivity index (χ1v) is 8.24. The van der Waals surface area contributed by atoms with Crippen molar-refractivity contribution in [2.45, 2.75) is 26.2 Å². The number of amides is 1. The number of carbonyl (C=O) groups is 1. The minimum absolute atomic E-state index is 0.0755. The zero-order valence-corrected chi connectivity index (χ0v) is 14.5. The van der Waals surface area contributed by atoms with Crippen LogP contribution in [0.2, 0.25) is 0 Å². The molecule has 0 bridgehead atoms. The standard InChI is InChI=1S/C18H20INO/c1-13(14(2)15-6-4-3-5-7-15)12-18(21)20-17-10-8-16(19)9-11-17/h3-11,13-14H,12H2,1-2H3,(H,20,21)/t13-,14-/m1/s1. The van der Waals surface area contributed by atoms with E-state index >= 15 is 0 Å². The van der Waals surface area contributed by atoms with Gasteiger partial charge in [-0.25, -0.2) is 0 Å². The fourth-order valence-electron chi connectivity index (χ4n) is 2.30. The Hall–Kier alpha value is -1.36. The largest absolute Gasteiger partial charge is 0.326 e. The summed E-state index contributed by atoms with van der Waals surface area (Å²) in [5, 5.41) is 2.96. The summed E-state index contributed by atoms with van der Waals surface area (Å²) in [6.45, 7) is 4.31. The van der Waals surface area contributed by atoms with Crippen LogP contribution in [0.1, 0.15) is 31.7 Å². The third-order valence-corrected chi connectivity index (χ3v) is 4.53. The quantitative estimate of drug-likeness (QED) is 0.707. The van der Waals surface area contributed by atoms with E-state index in [1.165, 1.54) is 5.56 Å². The molecule has 21 heavy (non-hydrogen) atoms. The highest BCUT2D eigenvalue weighted by molar-refractivity contribution is 14.1. The topological polar surface area (TPSA) is 29.1 Å². The van der Waals surface area contributed by atoms with E-state index in [1.807, 2.05) is 42.5 Å². The van der Waals surface area contributed by atoms with E-state index < -0.39 is 0 Å². The molecule has 0 aliphatic carbocycles. The number of nitrogens with one attached hydrogen (secondary N) is 1. The SMILES string of the molecule is C[C@H](CC(=O)Nc1ccc(I)cc1)[C@@H](C)c1ccccc1. The second-order valence-corrected chi connectivity index (χ2v) is 6.68. The first-order valence-electron chi connectivity index (χ1n) is 7.16. The number of halogens is 1. The Kier molecular flexibility index (Phi) is 5.79. The van der Waals surface area contributed by atoms with Crippen molar-refractivity contribution in [3.05, 3.63) is 63.7 Å². The Bertz CT molecular complexity index is 580. The second-order valence-electron chi connectivity index (χ2n) is 5.44. The number of benzene rings is 2. The highest BCUT2D eigenvalue weighted by Crippen LogP contribution is 2.26. The van der Waals surface area contributed by atoms with Crippen molar-refractivity contribution in [2.24, 2.45) is 5.92 Å². The van der Waals surface area contributed by atoms with Crippen LogP contribution in [0.5, 0.6) is 0 Å². The van der Waals surface area contributed by atoms with Crippen LogP contribution in [0.25, 0.3) is 0 Å². The summed E-state index contributed by atoms with van der Waals surface area (Å²) < 4.78 is 1.16. The molecule has 0 radical (unpaired) electrons. The lowest BCUT2D eigenvalue weighted by Crippen LogP contribution is -2.18. The number of hydrogen-bond donors (Lipinski definition) is 1. The first kappa shape index (κ1) is 16.0. The van der Waals surface area contributed by atoms with Gasteiger partial charge in [0.1, 0.15) is 0 Å². The van der Waals surface area contributed by atoms with Gasteiger partial charge in [-0.2, -0.15) is 0 Å². The molecular formula is C18H20INO. The zero-order chi connectivity index (χ0) is 15.2. The molecule has 2 aromatic rings. The smallest absolute Gasteiger partial charge is 0.224 e. The van der Waals surface area contributed by atoms with Crippen molar-refractivity contribution in [1.82, 2.24) is 0 Å². The van der Waals surface area contributed by atoms with Gasteiger partial charge in [0.2, 0.25) is 5.91 Å². The molecule has 0 heterocycles. The van der Waals surface area contributed by atoms with Gasteiger partial charge < -0.3 is 5.32 Å². The van der Waals surface area contributed by atoms with E-state index in [1.54, 1.807) is 0 Å². The van der Waals surface area contributed by atoms with Gasteiger partial charge in [-0.3, -0.25) is 4.79 Å². The molecule has 0 saturated carbocycles. The summed E-state index contributed by atoms with van der Waals surface area (Å²) >= 11 is 2.25. The number of anilines is 1. The first-order chi connectivity index (χ1) is 10.1. The van der Waals surface area contributed by atoms with Crippen molar-refractivity contribution in [3.8, 4) is 0 Å².